The molecule has 1 saturated heterocycles. The second kappa shape index (κ2) is 10.4. The van der Waals surface area contributed by atoms with Crippen molar-refractivity contribution in [1.29, 1.82) is 0 Å². The van der Waals surface area contributed by atoms with Crippen LogP contribution in [0.3, 0.4) is 0 Å². The van der Waals surface area contributed by atoms with Crippen LogP contribution in [-0.4, -0.2) is 56.5 Å². The highest BCUT2D eigenvalue weighted by atomic mass is 16.6. The molecule has 1 aromatic rings. The van der Waals surface area contributed by atoms with Crippen molar-refractivity contribution in [2.75, 3.05) is 33.9 Å². The van der Waals surface area contributed by atoms with Crippen molar-refractivity contribution in [3.05, 3.63) is 28.7 Å². The van der Waals surface area contributed by atoms with Gasteiger partial charge in [0.15, 0.2) is 0 Å². The number of carbonyl (C=O) groups excluding carboxylic acids is 1. The van der Waals surface area contributed by atoms with Crippen LogP contribution in [0, 0.1) is 10.8 Å². The highest BCUT2D eigenvalue weighted by Gasteiger charge is 2.31. The summed E-state index contributed by atoms with van der Waals surface area (Å²) in [6, 6.07) is 5.31. The summed E-state index contributed by atoms with van der Waals surface area (Å²) in [5.41, 5.74) is 0.477. The molecule has 1 aliphatic rings. The van der Waals surface area contributed by atoms with Crippen LogP contribution in [0.5, 0.6) is 11.5 Å². The van der Waals surface area contributed by atoms with Gasteiger partial charge in [-0.3, -0.25) is 0 Å². The molecule has 8 heteroatoms. The van der Waals surface area contributed by atoms with Crippen molar-refractivity contribution in [2.45, 2.75) is 51.8 Å². The highest BCUT2D eigenvalue weighted by Crippen LogP contribution is 2.26. The van der Waals surface area contributed by atoms with E-state index in [1.165, 1.54) is 0 Å². The number of amides is 1. The molecular weight excluding hydrogens is 374 g/mol. The minimum Gasteiger partial charge on any atom is -0.497 e. The molecule has 29 heavy (non-hydrogen) atoms. The maximum atomic E-state index is 12.2. The maximum Gasteiger partial charge on any atom is 0.410 e. The van der Waals surface area contributed by atoms with Gasteiger partial charge in [-0.05, 0) is 45.6 Å². The van der Waals surface area contributed by atoms with Crippen molar-refractivity contribution in [2.24, 2.45) is 11.1 Å². The predicted octanol–water partition coefficient (Wildman–Crippen LogP) is 3.58. The summed E-state index contributed by atoms with van der Waals surface area (Å²) in [7, 11) is 3.23. The Labute approximate surface area is 172 Å². The first kappa shape index (κ1) is 22.9. The first-order valence-electron chi connectivity index (χ1n) is 9.99. The fraction of sp³-hybridized carbons (Fsp3) is 0.667. The Morgan fingerprint density at radius 2 is 1.93 bits per heavy atom. The molecule has 0 bridgehead atoms. The van der Waals surface area contributed by atoms with Crippen LogP contribution < -0.4 is 14.8 Å². The van der Waals surface area contributed by atoms with Gasteiger partial charge in [0.05, 0.1) is 14.2 Å². The first-order valence-corrected chi connectivity index (χ1v) is 9.99. The predicted molar refractivity (Wildman–Crippen MR) is 111 cm³/mol. The van der Waals surface area contributed by atoms with Gasteiger partial charge in [0.1, 0.15) is 23.1 Å². The fourth-order valence-electron chi connectivity index (χ4n) is 3.44. The molecule has 0 aromatic heterocycles. The average Bonchev–Trinajstić information content (AvgIpc) is 2.70. The number of nitrogens with one attached hydrogen (secondary N) is 1. The molecule has 1 aromatic carbocycles. The topological polar surface area (TPSA) is 89.5 Å². The SMILES string of the molecule is COc1ccc(CNCC(N=O)C2CCN(C(=O)OC(C)(C)C)CC2)c(OC)c1. The van der Waals surface area contributed by atoms with Crippen molar-refractivity contribution in [3.63, 3.8) is 0 Å². The summed E-state index contributed by atoms with van der Waals surface area (Å²) < 4.78 is 16.0. The second-order valence-corrected chi connectivity index (χ2v) is 8.29. The van der Waals surface area contributed by atoms with Gasteiger partial charge in [-0.25, -0.2) is 4.79 Å². The van der Waals surface area contributed by atoms with Gasteiger partial charge in [0.25, 0.3) is 0 Å². The van der Waals surface area contributed by atoms with E-state index in [2.05, 4.69) is 10.5 Å². The van der Waals surface area contributed by atoms with E-state index in [-0.39, 0.29) is 18.1 Å². The van der Waals surface area contributed by atoms with Gasteiger partial charge in [0.2, 0.25) is 0 Å². The Morgan fingerprint density at radius 3 is 2.48 bits per heavy atom. The van der Waals surface area contributed by atoms with E-state index in [9.17, 15) is 9.70 Å². The van der Waals surface area contributed by atoms with Gasteiger partial charge in [0, 0.05) is 37.8 Å². The van der Waals surface area contributed by atoms with E-state index in [1.807, 2.05) is 39.0 Å². The zero-order chi connectivity index (χ0) is 21.4. The molecular formula is C21H33N3O5. The van der Waals surface area contributed by atoms with Gasteiger partial charge in [-0.15, -0.1) is 0 Å². The molecule has 8 nitrogen and oxygen atoms in total. The van der Waals surface area contributed by atoms with Crippen LogP contribution in [-0.2, 0) is 11.3 Å². The molecule has 1 atom stereocenters. The van der Waals surface area contributed by atoms with E-state index in [1.54, 1.807) is 19.1 Å². The number of rotatable bonds is 8. The number of hydrogen-bond donors (Lipinski definition) is 1. The van der Waals surface area contributed by atoms with E-state index in [0.717, 1.165) is 29.9 Å². The molecule has 1 unspecified atom stereocenters. The largest absolute Gasteiger partial charge is 0.497 e. The van der Waals surface area contributed by atoms with Crippen LogP contribution in [0.1, 0.15) is 39.2 Å². The number of piperidine rings is 1. The third kappa shape index (κ3) is 6.88. The second-order valence-electron chi connectivity index (χ2n) is 8.29. The fourth-order valence-corrected chi connectivity index (χ4v) is 3.44. The standard InChI is InChI=1S/C21H33N3O5/c1-21(2,3)29-20(25)24-10-8-15(9-11-24)18(23-26)14-22-13-16-6-7-17(27-4)12-19(16)28-5/h6-7,12,15,18,22H,8-11,13-14H2,1-5H3. The molecule has 0 aliphatic carbocycles. The lowest BCUT2D eigenvalue weighted by atomic mass is 9.90. The van der Waals surface area contributed by atoms with Gasteiger partial charge in [-0.1, -0.05) is 11.2 Å². The average molecular weight is 408 g/mol. The minimum atomic E-state index is -0.507. The van der Waals surface area contributed by atoms with Crippen molar-refractivity contribution in [3.8, 4) is 11.5 Å². The van der Waals surface area contributed by atoms with Crippen molar-refractivity contribution in [1.82, 2.24) is 10.2 Å². The van der Waals surface area contributed by atoms with E-state index in [4.69, 9.17) is 14.2 Å². The van der Waals surface area contributed by atoms with Crippen LogP contribution in [0.2, 0.25) is 0 Å². The van der Waals surface area contributed by atoms with E-state index in [0.29, 0.717) is 26.2 Å². The third-order valence-electron chi connectivity index (χ3n) is 5.03. The molecule has 162 valence electrons. The zero-order valence-electron chi connectivity index (χ0n) is 18.1. The van der Waals surface area contributed by atoms with Crippen LogP contribution in [0.4, 0.5) is 4.79 Å². The van der Waals surface area contributed by atoms with Crippen LogP contribution in [0.15, 0.2) is 23.4 Å². The lowest BCUT2D eigenvalue weighted by Crippen LogP contribution is -2.44. The van der Waals surface area contributed by atoms with Gasteiger partial charge >= 0.3 is 6.09 Å². The Morgan fingerprint density at radius 1 is 1.24 bits per heavy atom. The molecule has 1 N–H and O–H groups in total. The lowest BCUT2D eigenvalue weighted by molar-refractivity contribution is 0.0175. The van der Waals surface area contributed by atoms with Gasteiger partial charge in [-0.2, -0.15) is 4.91 Å². The molecule has 1 amide bonds. The number of likely N-dealkylation sites (tertiary alicyclic amines) is 1. The number of nitrogens with zero attached hydrogens (tertiary/aromatic N) is 2. The number of hydrogen-bond acceptors (Lipinski definition) is 7. The summed E-state index contributed by atoms with van der Waals surface area (Å²) >= 11 is 0. The van der Waals surface area contributed by atoms with Crippen molar-refractivity contribution >= 4 is 6.09 Å². The Balaban J connectivity index is 1.83. The maximum absolute atomic E-state index is 12.2. The summed E-state index contributed by atoms with van der Waals surface area (Å²) in [6.07, 6.45) is 1.18. The summed E-state index contributed by atoms with van der Waals surface area (Å²) in [4.78, 5) is 25.3. The van der Waals surface area contributed by atoms with Gasteiger partial charge < -0.3 is 24.4 Å². The molecule has 1 aliphatic heterocycles. The first-order chi connectivity index (χ1) is 13.8. The number of ether oxygens (including phenoxy) is 3. The summed E-state index contributed by atoms with van der Waals surface area (Å²) in [5.74, 6) is 1.62. The minimum absolute atomic E-state index is 0.149. The van der Waals surface area contributed by atoms with Crippen molar-refractivity contribution < 1.29 is 19.0 Å². The zero-order valence-corrected chi connectivity index (χ0v) is 18.1. The molecule has 0 radical (unpaired) electrons. The number of nitroso groups, excluding NO2 is 1. The van der Waals surface area contributed by atoms with E-state index >= 15 is 0 Å². The molecule has 0 saturated carbocycles. The lowest BCUT2D eigenvalue weighted by Gasteiger charge is -2.34. The quantitative estimate of drug-likeness (QED) is 0.663. The molecule has 2 rings (SSSR count). The Bertz CT molecular complexity index is 681. The summed E-state index contributed by atoms with van der Waals surface area (Å²) in [6.45, 7) is 7.77. The highest BCUT2D eigenvalue weighted by molar-refractivity contribution is 5.68. The molecule has 1 heterocycles. The monoisotopic (exact) mass is 407 g/mol. The number of carbonyl (C=O) groups is 1. The third-order valence-corrected chi connectivity index (χ3v) is 5.03. The number of methoxy groups -OCH3 is 2. The van der Waals surface area contributed by atoms with Crippen LogP contribution >= 0.6 is 0 Å². The molecule has 1 fully saturated rings. The Hall–Kier alpha value is -2.35. The molecule has 0 spiro atoms. The summed E-state index contributed by atoms with van der Waals surface area (Å²) in [5, 5.41) is 6.65. The van der Waals surface area contributed by atoms with E-state index < -0.39 is 5.60 Å². The number of benzene rings is 1. The van der Waals surface area contributed by atoms with Crippen LogP contribution in [0.25, 0.3) is 0 Å². The Kier molecular flexibility index (Phi) is 8.25. The smallest absolute Gasteiger partial charge is 0.410 e. The normalized spacial score (nSPS) is 16.2.